The van der Waals surface area contributed by atoms with E-state index >= 15 is 0 Å². The van der Waals surface area contributed by atoms with Crippen molar-refractivity contribution < 1.29 is 13.9 Å². The maximum Gasteiger partial charge on any atom is 0.318 e. The van der Waals surface area contributed by atoms with Gasteiger partial charge in [0.25, 0.3) is 0 Å². The molecule has 4 heterocycles. The van der Waals surface area contributed by atoms with Crippen LogP contribution in [0, 0.1) is 17.1 Å². The Hall–Kier alpha value is -3.16. The Morgan fingerprint density at radius 1 is 1.22 bits per heavy atom. The molecule has 0 saturated carbocycles. The van der Waals surface area contributed by atoms with Gasteiger partial charge in [0.15, 0.2) is 11.6 Å². The molecule has 36 heavy (non-hydrogen) atoms. The number of methoxy groups -OCH3 is 1. The Labute approximate surface area is 211 Å². The number of aromatic nitrogens is 2. The minimum absolute atomic E-state index is 0.0996. The molecule has 3 aliphatic heterocycles. The summed E-state index contributed by atoms with van der Waals surface area (Å²) in [4.78, 5) is 16.4. The number of nitrogens with zero attached hydrogens (tertiary/aromatic N) is 6. The van der Waals surface area contributed by atoms with Crippen molar-refractivity contribution in [2.45, 2.75) is 44.3 Å². The van der Waals surface area contributed by atoms with E-state index in [9.17, 15) is 9.65 Å². The third-order valence-corrected chi connectivity index (χ3v) is 7.48. The van der Waals surface area contributed by atoms with Gasteiger partial charge in [-0.1, -0.05) is 6.07 Å². The van der Waals surface area contributed by atoms with Crippen LogP contribution in [0.3, 0.4) is 0 Å². The van der Waals surface area contributed by atoms with Crippen molar-refractivity contribution in [2.75, 3.05) is 63.3 Å². The van der Waals surface area contributed by atoms with Crippen LogP contribution in [-0.4, -0.2) is 80.4 Å². The van der Waals surface area contributed by atoms with Crippen LogP contribution in [0.25, 0.3) is 0 Å². The normalized spacial score (nSPS) is 22.3. The molecule has 0 bridgehead atoms. The third kappa shape index (κ3) is 5.04. The van der Waals surface area contributed by atoms with Gasteiger partial charge in [0, 0.05) is 43.8 Å². The van der Waals surface area contributed by atoms with Crippen LogP contribution in [0.1, 0.15) is 30.5 Å². The topological polar surface area (TPSA) is 89.8 Å². The molecule has 2 aromatic rings. The van der Waals surface area contributed by atoms with Gasteiger partial charge < -0.3 is 29.5 Å². The predicted octanol–water partition coefficient (Wildman–Crippen LogP) is 2.35. The second-order valence-electron chi connectivity index (χ2n) is 9.77. The zero-order chi connectivity index (χ0) is 25.1. The molecule has 0 aliphatic carbocycles. The lowest BCUT2D eigenvalue weighted by Gasteiger charge is -2.37. The Balaban J connectivity index is 1.45. The summed E-state index contributed by atoms with van der Waals surface area (Å²) < 4.78 is 26.0. The molecule has 1 aromatic heterocycles. The van der Waals surface area contributed by atoms with E-state index in [-0.39, 0.29) is 17.6 Å². The average Bonchev–Trinajstić information content (AvgIpc) is 3.31. The molecule has 1 aromatic carbocycles. The number of ether oxygens (including phenoxy) is 2. The monoisotopic (exact) mass is 495 g/mol. The van der Waals surface area contributed by atoms with Crippen LogP contribution < -0.4 is 24.6 Å². The standard InChI is InChI=1S/C26H34FN7O2/c1-32-12-4-5-19(32)17-36-26-30-22-16-33(23-7-3-6-21(27)24(23)35-2)13-9-20(22)25(31-26)34-14-11-29-18(15-34)8-10-28/h3,6-7,18-19,29H,4-5,8-9,11-17H2,1-2H3/t18?,19-/m0/s1. The molecule has 3 aliphatic rings. The van der Waals surface area contributed by atoms with E-state index in [1.54, 1.807) is 6.07 Å². The molecule has 5 rings (SSSR count). The number of likely N-dealkylation sites (N-methyl/N-ethyl adjacent to an activating group) is 1. The van der Waals surface area contributed by atoms with Crippen LogP contribution in [-0.2, 0) is 13.0 Å². The van der Waals surface area contributed by atoms with Crippen molar-refractivity contribution in [3.63, 3.8) is 0 Å². The number of fused-ring (bicyclic) bond motifs is 1. The Kier molecular flexibility index (Phi) is 7.39. The lowest BCUT2D eigenvalue weighted by atomic mass is 10.0. The van der Waals surface area contributed by atoms with Crippen molar-refractivity contribution in [3.8, 4) is 17.8 Å². The molecule has 2 saturated heterocycles. The number of rotatable bonds is 7. The van der Waals surface area contributed by atoms with E-state index in [4.69, 9.17) is 19.4 Å². The average molecular weight is 496 g/mol. The number of benzene rings is 1. The smallest absolute Gasteiger partial charge is 0.318 e. The van der Waals surface area contributed by atoms with Gasteiger partial charge in [-0.25, -0.2) is 4.39 Å². The number of halogens is 1. The molecule has 9 nitrogen and oxygen atoms in total. The Bertz CT molecular complexity index is 1120. The van der Waals surface area contributed by atoms with Crippen molar-refractivity contribution >= 4 is 11.5 Å². The number of nitrogens with one attached hydrogen (secondary N) is 1. The Morgan fingerprint density at radius 3 is 2.89 bits per heavy atom. The van der Waals surface area contributed by atoms with Gasteiger partial charge in [0.1, 0.15) is 12.4 Å². The van der Waals surface area contributed by atoms with Crippen molar-refractivity contribution in [2.24, 2.45) is 0 Å². The van der Waals surface area contributed by atoms with Crippen LogP contribution >= 0.6 is 0 Å². The van der Waals surface area contributed by atoms with Gasteiger partial charge in [-0.2, -0.15) is 15.2 Å². The lowest BCUT2D eigenvalue weighted by Crippen LogP contribution is -2.51. The van der Waals surface area contributed by atoms with Crippen LogP contribution in [0.15, 0.2) is 18.2 Å². The fourth-order valence-corrected chi connectivity index (χ4v) is 5.49. The number of hydrogen-bond donors (Lipinski definition) is 1. The molecular weight excluding hydrogens is 461 g/mol. The molecular formula is C26H34FN7O2. The van der Waals surface area contributed by atoms with Gasteiger partial charge in [-0.15, -0.1) is 0 Å². The van der Waals surface area contributed by atoms with E-state index in [1.165, 1.54) is 19.6 Å². The van der Waals surface area contributed by atoms with Gasteiger partial charge in [0.2, 0.25) is 0 Å². The van der Waals surface area contributed by atoms with E-state index in [0.29, 0.717) is 44.7 Å². The quantitative estimate of drug-likeness (QED) is 0.622. The first-order valence-corrected chi connectivity index (χ1v) is 12.7. The first kappa shape index (κ1) is 24.5. The minimum Gasteiger partial charge on any atom is -0.492 e. The van der Waals surface area contributed by atoms with Gasteiger partial charge in [-0.3, -0.25) is 0 Å². The second-order valence-corrected chi connectivity index (χ2v) is 9.77. The van der Waals surface area contributed by atoms with Crippen LogP contribution in [0.2, 0.25) is 0 Å². The summed E-state index contributed by atoms with van der Waals surface area (Å²) in [5, 5.41) is 12.6. The van der Waals surface area contributed by atoms with E-state index in [1.807, 2.05) is 6.07 Å². The Morgan fingerprint density at radius 2 is 2.11 bits per heavy atom. The van der Waals surface area contributed by atoms with Crippen molar-refractivity contribution in [1.29, 1.82) is 5.26 Å². The minimum atomic E-state index is -0.377. The van der Waals surface area contributed by atoms with Gasteiger partial charge in [0.05, 0.1) is 37.5 Å². The molecule has 1 unspecified atom stereocenters. The second kappa shape index (κ2) is 10.8. The highest BCUT2D eigenvalue weighted by atomic mass is 19.1. The number of hydrogen-bond acceptors (Lipinski definition) is 9. The van der Waals surface area contributed by atoms with E-state index in [0.717, 1.165) is 55.2 Å². The zero-order valence-electron chi connectivity index (χ0n) is 21.0. The van der Waals surface area contributed by atoms with E-state index < -0.39 is 0 Å². The summed E-state index contributed by atoms with van der Waals surface area (Å²) in [6.45, 7) is 5.15. The molecule has 2 fully saturated rings. The number of likely N-dealkylation sites (tertiary alicyclic amines) is 1. The summed E-state index contributed by atoms with van der Waals surface area (Å²) in [7, 11) is 3.62. The number of anilines is 2. The molecule has 192 valence electrons. The van der Waals surface area contributed by atoms with Crippen molar-refractivity contribution in [1.82, 2.24) is 20.2 Å². The number of nitriles is 1. The summed E-state index contributed by atoms with van der Waals surface area (Å²) in [6, 6.07) is 8.12. The highest BCUT2D eigenvalue weighted by Crippen LogP contribution is 2.36. The highest BCUT2D eigenvalue weighted by Gasteiger charge is 2.30. The fourth-order valence-electron chi connectivity index (χ4n) is 5.49. The molecule has 0 amide bonds. The predicted molar refractivity (Wildman–Crippen MR) is 135 cm³/mol. The van der Waals surface area contributed by atoms with Crippen LogP contribution in [0.5, 0.6) is 11.8 Å². The SMILES string of the molecule is COc1c(F)cccc1N1CCc2c(nc(OC[C@@H]3CCCN3C)nc2N2CCNC(CC#N)C2)C1. The number of piperazine rings is 1. The summed E-state index contributed by atoms with van der Waals surface area (Å²) in [5.74, 6) is 0.765. The highest BCUT2D eigenvalue weighted by molar-refractivity contribution is 5.62. The lowest BCUT2D eigenvalue weighted by molar-refractivity contribution is 0.187. The van der Waals surface area contributed by atoms with E-state index in [2.05, 4.69) is 33.1 Å². The van der Waals surface area contributed by atoms with Crippen molar-refractivity contribution in [3.05, 3.63) is 35.3 Å². The zero-order valence-corrected chi connectivity index (χ0v) is 21.0. The first-order chi connectivity index (χ1) is 17.6. The number of para-hydroxylation sites is 1. The summed E-state index contributed by atoms with van der Waals surface area (Å²) >= 11 is 0. The summed E-state index contributed by atoms with van der Waals surface area (Å²) in [6.07, 6.45) is 3.46. The molecule has 2 atom stereocenters. The third-order valence-electron chi connectivity index (χ3n) is 7.48. The van der Waals surface area contributed by atoms with Crippen LogP contribution in [0.4, 0.5) is 15.9 Å². The molecule has 10 heteroatoms. The summed E-state index contributed by atoms with van der Waals surface area (Å²) in [5.41, 5.74) is 2.71. The fraction of sp³-hybridized carbons (Fsp3) is 0.577. The largest absolute Gasteiger partial charge is 0.492 e. The maximum atomic E-state index is 14.4. The molecule has 0 radical (unpaired) electrons. The molecule has 0 spiro atoms. The van der Waals surface area contributed by atoms with Gasteiger partial charge >= 0.3 is 6.01 Å². The maximum absolute atomic E-state index is 14.4. The first-order valence-electron chi connectivity index (χ1n) is 12.7. The molecule has 1 N–H and O–H groups in total. The van der Waals surface area contributed by atoms with Gasteiger partial charge in [-0.05, 0) is 45.0 Å².